The van der Waals surface area contributed by atoms with Crippen molar-refractivity contribution >= 4 is 0 Å². The molecule has 0 aromatic heterocycles. The molecule has 2 heteroatoms. The van der Waals surface area contributed by atoms with E-state index in [1.165, 1.54) is 5.56 Å². The van der Waals surface area contributed by atoms with Crippen LogP contribution in [0.2, 0.25) is 0 Å². The molecule has 0 spiro atoms. The second-order valence-electron chi connectivity index (χ2n) is 2.78. The van der Waals surface area contributed by atoms with Crippen LogP contribution in [0.4, 0.5) is 0 Å². The third kappa shape index (κ3) is 2.03. The summed E-state index contributed by atoms with van der Waals surface area (Å²) in [6, 6.07) is 10.1. The van der Waals surface area contributed by atoms with Crippen LogP contribution < -0.4 is 11.5 Å². The van der Waals surface area contributed by atoms with Crippen molar-refractivity contribution < 1.29 is 0 Å². The quantitative estimate of drug-likeness (QED) is 0.619. The Balaban J connectivity index is 2.77. The number of hydrogen-bond acceptors (Lipinski definition) is 2. The molecule has 1 aromatic carbocycles. The van der Waals surface area contributed by atoms with Gasteiger partial charge in [-0.3, -0.25) is 0 Å². The lowest BCUT2D eigenvalue weighted by Crippen LogP contribution is -2.35. The summed E-state index contributed by atoms with van der Waals surface area (Å²) in [5.41, 5.74) is 12.3. The molecule has 0 fully saturated rings. The van der Waals surface area contributed by atoms with Gasteiger partial charge in [-0.15, -0.1) is 0 Å². The number of hydrogen-bond donors (Lipinski definition) is 2. The van der Waals surface area contributed by atoms with E-state index in [9.17, 15) is 0 Å². The number of rotatable bonds is 2. The zero-order valence-electron chi connectivity index (χ0n) is 6.70. The van der Waals surface area contributed by atoms with E-state index >= 15 is 0 Å². The van der Waals surface area contributed by atoms with Gasteiger partial charge in [0.15, 0.2) is 0 Å². The Morgan fingerprint density at radius 1 is 1.09 bits per heavy atom. The van der Waals surface area contributed by atoms with Gasteiger partial charge in [0.25, 0.3) is 0 Å². The molecule has 0 aliphatic carbocycles. The highest BCUT2D eigenvalue weighted by atomic mass is 14.9. The van der Waals surface area contributed by atoms with Crippen molar-refractivity contribution in [2.45, 2.75) is 19.0 Å². The smallest absolute Gasteiger partial charge is 0.0588 e. The number of benzene rings is 1. The summed E-state index contributed by atoms with van der Waals surface area (Å²) in [5, 5.41) is 0. The van der Waals surface area contributed by atoms with E-state index in [-0.39, 0.29) is 12.1 Å². The molecule has 2 nitrogen and oxygen atoms in total. The van der Waals surface area contributed by atoms with Crippen molar-refractivity contribution in [1.82, 2.24) is 0 Å². The Hall–Kier alpha value is -0.860. The maximum atomic E-state index is 5.55. The van der Waals surface area contributed by atoms with Crippen LogP contribution in [0.1, 0.15) is 18.4 Å². The summed E-state index contributed by atoms with van der Waals surface area (Å²) in [6.45, 7) is 2.03. The van der Waals surface area contributed by atoms with Gasteiger partial charge in [0.05, 0.1) is 6.17 Å². The fourth-order valence-corrected chi connectivity index (χ4v) is 0.979. The monoisotopic (exact) mass is 150 g/mol. The normalized spacial score (nSPS) is 13.5. The molecule has 0 heterocycles. The zero-order valence-corrected chi connectivity index (χ0v) is 6.70. The van der Waals surface area contributed by atoms with Gasteiger partial charge in [0, 0.05) is 5.92 Å². The van der Waals surface area contributed by atoms with Crippen LogP contribution >= 0.6 is 0 Å². The van der Waals surface area contributed by atoms with Crippen molar-refractivity contribution in [1.29, 1.82) is 0 Å². The van der Waals surface area contributed by atoms with Gasteiger partial charge in [-0.05, 0) is 5.56 Å². The molecule has 0 aliphatic rings. The van der Waals surface area contributed by atoms with E-state index < -0.39 is 0 Å². The first kappa shape index (κ1) is 8.24. The van der Waals surface area contributed by atoms with E-state index in [0.717, 1.165) is 0 Å². The molecular formula is C9H14N2. The molecule has 1 rings (SSSR count). The van der Waals surface area contributed by atoms with Gasteiger partial charge >= 0.3 is 0 Å². The van der Waals surface area contributed by atoms with E-state index in [1.807, 2.05) is 37.3 Å². The predicted octanol–water partition coefficient (Wildman–Crippen LogP) is 1.03. The maximum absolute atomic E-state index is 5.55. The summed E-state index contributed by atoms with van der Waals surface area (Å²) >= 11 is 0. The standard InChI is InChI=1S/C9H14N2/c1-7(9(10)11)8-5-3-2-4-6-8/h2-7,9H,10-11H2,1H3. The maximum Gasteiger partial charge on any atom is 0.0588 e. The predicted molar refractivity (Wildman–Crippen MR) is 47.0 cm³/mol. The highest BCUT2D eigenvalue weighted by Crippen LogP contribution is 2.14. The van der Waals surface area contributed by atoms with Crippen LogP contribution in [0.5, 0.6) is 0 Å². The van der Waals surface area contributed by atoms with Crippen LogP contribution in [0, 0.1) is 0 Å². The van der Waals surface area contributed by atoms with Gasteiger partial charge < -0.3 is 11.5 Å². The topological polar surface area (TPSA) is 52.0 Å². The first-order valence-corrected chi connectivity index (χ1v) is 3.78. The van der Waals surface area contributed by atoms with Crippen LogP contribution in [0.25, 0.3) is 0 Å². The summed E-state index contributed by atoms with van der Waals surface area (Å²) in [6.07, 6.45) is -0.266. The lowest BCUT2D eigenvalue weighted by molar-refractivity contribution is 0.588. The Labute approximate surface area is 67.2 Å². The van der Waals surface area contributed by atoms with Crippen molar-refractivity contribution in [2.24, 2.45) is 11.5 Å². The minimum absolute atomic E-state index is 0.233. The van der Waals surface area contributed by atoms with Crippen molar-refractivity contribution in [3.63, 3.8) is 0 Å². The fourth-order valence-electron chi connectivity index (χ4n) is 0.979. The van der Waals surface area contributed by atoms with Crippen molar-refractivity contribution in [3.05, 3.63) is 35.9 Å². The van der Waals surface area contributed by atoms with Crippen LogP contribution in [-0.4, -0.2) is 6.17 Å². The van der Waals surface area contributed by atoms with Gasteiger partial charge in [-0.1, -0.05) is 37.3 Å². The molecule has 0 saturated heterocycles. The molecule has 1 unspecified atom stereocenters. The molecule has 0 aliphatic heterocycles. The second-order valence-corrected chi connectivity index (χ2v) is 2.78. The van der Waals surface area contributed by atoms with Gasteiger partial charge in [-0.25, -0.2) is 0 Å². The zero-order chi connectivity index (χ0) is 8.27. The fraction of sp³-hybridized carbons (Fsp3) is 0.333. The van der Waals surface area contributed by atoms with Gasteiger partial charge in [0.2, 0.25) is 0 Å². The Morgan fingerprint density at radius 3 is 2.09 bits per heavy atom. The van der Waals surface area contributed by atoms with Gasteiger partial charge in [0.1, 0.15) is 0 Å². The minimum Gasteiger partial charge on any atom is -0.316 e. The summed E-state index contributed by atoms with van der Waals surface area (Å²) in [5.74, 6) is 0.233. The molecular weight excluding hydrogens is 136 g/mol. The Kier molecular flexibility index (Phi) is 2.63. The second kappa shape index (κ2) is 3.51. The van der Waals surface area contributed by atoms with E-state index in [2.05, 4.69) is 0 Å². The SMILES string of the molecule is CC(c1ccccc1)C(N)N. The average Bonchev–Trinajstić information content (AvgIpc) is 2.05. The first-order valence-electron chi connectivity index (χ1n) is 3.78. The summed E-state index contributed by atoms with van der Waals surface area (Å²) in [7, 11) is 0. The molecule has 0 bridgehead atoms. The summed E-state index contributed by atoms with van der Waals surface area (Å²) < 4.78 is 0. The molecule has 4 N–H and O–H groups in total. The van der Waals surface area contributed by atoms with Gasteiger partial charge in [-0.2, -0.15) is 0 Å². The summed E-state index contributed by atoms with van der Waals surface area (Å²) in [4.78, 5) is 0. The largest absolute Gasteiger partial charge is 0.316 e. The van der Waals surface area contributed by atoms with E-state index in [4.69, 9.17) is 11.5 Å². The van der Waals surface area contributed by atoms with E-state index in [1.54, 1.807) is 0 Å². The van der Waals surface area contributed by atoms with Crippen molar-refractivity contribution in [3.8, 4) is 0 Å². The molecule has 0 radical (unpaired) electrons. The highest BCUT2D eigenvalue weighted by Gasteiger charge is 2.08. The Morgan fingerprint density at radius 2 is 1.64 bits per heavy atom. The highest BCUT2D eigenvalue weighted by molar-refractivity contribution is 5.19. The first-order chi connectivity index (χ1) is 5.22. The lowest BCUT2D eigenvalue weighted by atomic mass is 9.99. The number of nitrogens with two attached hydrogens (primary N) is 2. The molecule has 1 atom stereocenters. The molecule has 11 heavy (non-hydrogen) atoms. The lowest BCUT2D eigenvalue weighted by Gasteiger charge is -2.15. The molecule has 0 amide bonds. The van der Waals surface area contributed by atoms with Crippen LogP contribution in [0.15, 0.2) is 30.3 Å². The third-order valence-electron chi connectivity index (χ3n) is 1.90. The van der Waals surface area contributed by atoms with Crippen LogP contribution in [0.3, 0.4) is 0 Å². The minimum atomic E-state index is -0.266. The van der Waals surface area contributed by atoms with E-state index in [0.29, 0.717) is 0 Å². The average molecular weight is 150 g/mol. The third-order valence-corrected chi connectivity index (χ3v) is 1.90. The Bertz CT molecular complexity index is 206. The molecule has 1 aromatic rings. The van der Waals surface area contributed by atoms with Crippen LogP contribution in [-0.2, 0) is 0 Å². The molecule has 0 saturated carbocycles. The molecule has 60 valence electrons. The van der Waals surface area contributed by atoms with Crippen molar-refractivity contribution in [2.75, 3.05) is 0 Å².